The maximum atomic E-state index is 12.1. The van der Waals surface area contributed by atoms with E-state index in [1.54, 1.807) is 31.2 Å². The molecule has 0 aromatic heterocycles. The molecule has 1 amide bonds. The summed E-state index contributed by atoms with van der Waals surface area (Å²) in [5.41, 5.74) is 1.83. The zero-order chi connectivity index (χ0) is 15.6. The molecule has 0 atom stereocenters. The lowest BCUT2D eigenvalue weighted by Crippen LogP contribution is -2.13. The number of amides is 1. The second-order valence-corrected chi connectivity index (χ2v) is 5.68. The molecule has 0 aliphatic rings. The van der Waals surface area contributed by atoms with E-state index in [1.807, 2.05) is 0 Å². The van der Waals surface area contributed by atoms with Gasteiger partial charge in [0, 0.05) is 15.7 Å². The Kier molecular flexibility index (Phi) is 4.65. The number of carbonyl (C=O) groups excluding carboxylic acids is 1. The van der Waals surface area contributed by atoms with Gasteiger partial charge in [-0.05, 0) is 64.8 Å². The fraction of sp³-hybridized carbons (Fsp3) is 0.0667. The number of nitrogens with one attached hydrogen (secondary N) is 1. The van der Waals surface area contributed by atoms with Crippen LogP contribution in [-0.2, 0) is 0 Å². The van der Waals surface area contributed by atoms with Gasteiger partial charge in [-0.2, -0.15) is 0 Å². The van der Waals surface area contributed by atoms with Crippen molar-refractivity contribution in [2.45, 2.75) is 6.92 Å². The molecule has 0 bridgehead atoms. The number of aromatic carboxylic acids is 1. The minimum absolute atomic E-state index is 0.178. The van der Waals surface area contributed by atoms with Gasteiger partial charge in [-0.15, -0.1) is 0 Å². The Morgan fingerprint density at radius 1 is 1.14 bits per heavy atom. The van der Waals surface area contributed by atoms with Crippen LogP contribution >= 0.6 is 27.5 Å². The normalized spacial score (nSPS) is 10.2. The first-order chi connectivity index (χ1) is 9.88. The molecule has 108 valence electrons. The van der Waals surface area contributed by atoms with Crippen LogP contribution in [0.15, 0.2) is 40.9 Å². The monoisotopic (exact) mass is 367 g/mol. The number of hydrogen-bond donors (Lipinski definition) is 2. The summed E-state index contributed by atoms with van der Waals surface area (Å²) in [6, 6.07) is 9.41. The second-order valence-electron chi connectivity index (χ2n) is 4.42. The molecule has 2 aromatic carbocycles. The minimum atomic E-state index is -1.00. The third kappa shape index (κ3) is 3.62. The molecule has 0 fully saturated rings. The number of halogens is 2. The summed E-state index contributed by atoms with van der Waals surface area (Å²) in [7, 11) is 0. The summed E-state index contributed by atoms with van der Waals surface area (Å²) < 4.78 is 0.711. The fourth-order valence-corrected chi connectivity index (χ4v) is 2.20. The van der Waals surface area contributed by atoms with Crippen molar-refractivity contribution in [3.8, 4) is 0 Å². The van der Waals surface area contributed by atoms with E-state index in [9.17, 15) is 9.59 Å². The van der Waals surface area contributed by atoms with E-state index in [0.717, 1.165) is 0 Å². The summed E-state index contributed by atoms with van der Waals surface area (Å²) in [5.74, 6) is -1.31. The second kappa shape index (κ2) is 6.28. The highest BCUT2D eigenvalue weighted by Crippen LogP contribution is 2.24. The quantitative estimate of drug-likeness (QED) is 0.846. The summed E-state index contributed by atoms with van der Waals surface area (Å²) in [5, 5.41) is 12.1. The largest absolute Gasteiger partial charge is 0.478 e. The van der Waals surface area contributed by atoms with Gasteiger partial charge in [0.1, 0.15) is 0 Å². The fourth-order valence-electron chi connectivity index (χ4n) is 1.77. The molecule has 2 aromatic rings. The van der Waals surface area contributed by atoms with Crippen molar-refractivity contribution in [1.29, 1.82) is 0 Å². The third-order valence-corrected chi connectivity index (χ3v) is 4.14. The Labute approximate surface area is 134 Å². The number of rotatable bonds is 3. The van der Waals surface area contributed by atoms with Crippen molar-refractivity contribution >= 4 is 45.1 Å². The van der Waals surface area contributed by atoms with E-state index in [4.69, 9.17) is 16.7 Å². The maximum Gasteiger partial charge on any atom is 0.335 e. The molecular weight excluding hydrogens is 358 g/mol. The number of carbonyl (C=O) groups is 2. The Hall–Kier alpha value is -1.85. The topological polar surface area (TPSA) is 66.4 Å². The highest BCUT2D eigenvalue weighted by atomic mass is 79.9. The van der Waals surface area contributed by atoms with E-state index >= 15 is 0 Å². The van der Waals surface area contributed by atoms with Crippen molar-refractivity contribution in [2.75, 3.05) is 5.32 Å². The van der Waals surface area contributed by atoms with Gasteiger partial charge < -0.3 is 10.4 Å². The molecular formula is C15H11BrClNO3. The van der Waals surface area contributed by atoms with Gasteiger partial charge in [-0.3, -0.25) is 4.79 Å². The third-order valence-electron chi connectivity index (χ3n) is 2.90. The average molecular weight is 369 g/mol. The Morgan fingerprint density at radius 2 is 1.81 bits per heavy atom. The van der Waals surface area contributed by atoms with Crippen LogP contribution in [0.5, 0.6) is 0 Å². The molecule has 0 spiro atoms. The van der Waals surface area contributed by atoms with Gasteiger partial charge in [0.25, 0.3) is 5.91 Å². The number of carboxylic acid groups (broad SMARTS) is 1. The Morgan fingerprint density at radius 3 is 2.38 bits per heavy atom. The van der Waals surface area contributed by atoms with Crippen molar-refractivity contribution in [1.82, 2.24) is 0 Å². The highest BCUT2D eigenvalue weighted by Gasteiger charge is 2.11. The lowest BCUT2D eigenvalue weighted by molar-refractivity contribution is 0.0696. The van der Waals surface area contributed by atoms with Gasteiger partial charge in [0.05, 0.1) is 10.6 Å². The van der Waals surface area contributed by atoms with Crippen molar-refractivity contribution < 1.29 is 14.7 Å². The maximum absolute atomic E-state index is 12.1. The lowest BCUT2D eigenvalue weighted by atomic mass is 10.1. The van der Waals surface area contributed by atoms with Crippen LogP contribution in [0, 0.1) is 6.92 Å². The van der Waals surface area contributed by atoms with E-state index in [2.05, 4.69) is 21.2 Å². The predicted molar refractivity (Wildman–Crippen MR) is 85.2 cm³/mol. The SMILES string of the molecule is Cc1cc(C(=O)O)ccc1NC(=O)c1ccc(Br)c(Cl)c1. The predicted octanol–water partition coefficient (Wildman–Crippen LogP) is 4.36. The Bertz CT molecular complexity index is 731. The first-order valence-electron chi connectivity index (χ1n) is 5.99. The van der Waals surface area contributed by atoms with E-state index in [-0.39, 0.29) is 11.5 Å². The van der Waals surface area contributed by atoms with Crippen molar-refractivity contribution in [2.24, 2.45) is 0 Å². The molecule has 0 unspecified atom stereocenters. The molecule has 0 aliphatic carbocycles. The summed E-state index contributed by atoms with van der Waals surface area (Å²) in [6.07, 6.45) is 0. The molecule has 2 rings (SSSR count). The van der Waals surface area contributed by atoms with Crippen LogP contribution in [0.4, 0.5) is 5.69 Å². The van der Waals surface area contributed by atoms with Crippen LogP contribution in [0.25, 0.3) is 0 Å². The molecule has 0 saturated heterocycles. The summed E-state index contributed by atoms with van der Waals surface area (Å²) >= 11 is 9.21. The van der Waals surface area contributed by atoms with E-state index in [0.29, 0.717) is 26.3 Å². The molecule has 0 saturated carbocycles. The van der Waals surface area contributed by atoms with Gasteiger partial charge in [-0.25, -0.2) is 4.79 Å². The van der Waals surface area contributed by atoms with Crippen LogP contribution in [0.1, 0.15) is 26.3 Å². The zero-order valence-electron chi connectivity index (χ0n) is 11.0. The number of benzene rings is 2. The molecule has 21 heavy (non-hydrogen) atoms. The molecule has 0 heterocycles. The molecule has 0 radical (unpaired) electrons. The molecule has 2 N–H and O–H groups in total. The smallest absolute Gasteiger partial charge is 0.335 e. The summed E-state index contributed by atoms with van der Waals surface area (Å²) in [6.45, 7) is 1.73. The highest BCUT2D eigenvalue weighted by molar-refractivity contribution is 9.10. The standard InChI is InChI=1S/C15H11BrClNO3/c1-8-6-10(15(20)21)3-5-13(8)18-14(19)9-2-4-11(16)12(17)7-9/h2-7H,1H3,(H,18,19)(H,20,21). The van der Waals surface area contributed by atoms with Gasteiger partial charge >= 0.3 is 5.97 Å². The molecule has 4 nitrogen and oxygen atoms in total. The Balaban J connectivity index is 2.23. The van der Waals surface area contributed by atoms with Crippen molar-refractivity contribution in [3.63, 3.8) is 0 Å². The lowest BCUT2D eigenvalue weighted by Gasteiger charge is -2.09. The van der Waals surface area contributed by atoms with Gasteiger partial charge in [0.15, 0.2) is 0 Å². The minimum Gasteiger partial charge on any atom is -0.478 e. The first-order valence-corrected chi connectivity index (χ1v) is 7.16. The van der Waals surface area contributed by atoms with Gasteiger partial charge in [0.2, 0.25) is 0 Å². The first kappa shape index (κ1) is 15.5. The summed E-state index contributed by atoms with van der Waals surface area (Å²) in [4.78, 5) is 23.0. The molecule has 0 aliphatic heterocycles. The zero-order valence-corrected chi connectivity index (χ0v) is 13.3. The van der Waals surface area contributed by atoms with E-state index in [1.165, 1.54) is 12.1 Å². The van der Waals surface area contributed by atoms with Crippen molar-refractivity contribution in [3.05, 3.63) is 62.6 Å². The average Bonchev–Trinajstić information content (AvgIpc) is 2.43. The number of hydrogen-bond acceptors (Lipinski definition) is 2. The number of aryl methyl sites for hydroxylation is 1. The molecule has 6 heteroatoms. The van der Waals surface area contributed by atoms with Gasteiger partial charge in [-0.1, -0.05) is 11.6 Å². The van der Waals surface area contributed by atoms with Crippen LogP contribution in [0.2, 0.25) is 5.02 Å². The van der Waals surface area contributed by atoms with Crippen LogP contribution in [0.3, 0.4) is 0 Å². The van der Waals surface area contributed by atoms with Crippen LogP contribution < -0.4 is 5.32 Å². The van der Waals surface area contributed by atoms with E-state index < -0.39 is 5.97 Å². The van der Waals surface area contributed by atoms with Crippen LogP contribution in [-0.4, -0.2) is 17.0 Å². The number of carboxylic acids is 1. The number of anilines is 1.